The van der Waals surface area contributed by atoms with Crippen LogP contribution in [0.15, 0.2) is 71.6 Å². The largest absolute Gasteiger partial charge is 0.268 e. The quantitative estimate of drug-likeness (QED) is 0.508. The van der Waals surface area contributed by atoms with E-state index in [1.54, 1.807) is 42.5 Å². The number of aryl methyl sites for hydroxylation is 1. The summed E-state index contributed by atoms with van der Waals surface area (Å²) >= 11 is 6.12. The zero-order chi connectivity index (χ0) is 16.9. The molecule has 3 aromatic carbocycles. The first kappa shape index (κ1) is 15.2. The van der Waals surface area contributed by atoms with Crippen molar-refractivity contribution < 1.29 is 8.42 Å². The average molecular weight is 356 g/mol. The maximum absolute atomic E-state index is 13.2. The van der Waals surface area contributed by atoms with Crippen LogP contribution in [0, 0.1) is 6.92 Å². The number of hydrogen-bond acceptors (Lipinski definition) is 2. The maximum Gasteiger partial charge on any atom is 0.268 e. The molecule has 1 aromatic heterocycles. The molecule has 0 saturated carbocycles. The number of nitrogens with zero attached hydrogens (tertiary/aromatic N) is 1. The highest BCUT2D eigenvalue weighted by atomic mass is 35.5. The van der Waals surface area contributed by atoms with Gasteiger partial charge in [-0.2, -0.15) is 0 Å². The normalized spacial score (nSPS) is 12.1. The molecule has 4 aromatic rings. The van der Waals surface area contributed by atoms with Crippen LogP contribution in [0.2, 0.25) is 5.02 Å². The molecule has 0 radical (unpaired) electrons. The number of para-hydroxylation sites is 1. The van der Waals surface area contributed by atoms with E-state index in [2.05, 4.69) is 0 Å². The average Bonchev–Trinajstić information content (AvgIpc) is 2.90. The molecular formula is C19H14ClNO2S. The summed E-state index contributed by atoms with van der Waals surface area (Å²) in [4.78, 5) is 0.269. The van der Waals surface area contributed by atoms with Crippen LogP contribution in [-0.2, 0) is 10.0 Å². The molecule has 24 heavy (non-hydrogen) atoms. The molecule has 4 rings (SSSR count). The van der Waals surface area contributed by atoms with E-state index in [0.29, 0.717) is 16.1 Å². The van der Waals surface area contributed by atoms with Crippen LogP contribution in [0.25, 0.3) is 21.8 Å². The lowest BCUT2D eigenvalue weighted by atomic mass is 10.2. The summed E-state index contributed by atoms with van der Waals surface area (Å²) in [6.45, 7) is 1.93. The highest BCUT2D eigenvalue weighted by Crippen LogP contribution is 2.33. The van der Waals surface area contributed by atoms with Crippen molar-refractivity contribution in [2.45, 2.75) is 11.8 Å². The van der Waals surface area contributed by atoms with Gasteiger partial charge in [0.2, 0.25) is 0 Å². The summed E-state index contributed by atoms with van der Waals surface area (Å²) in [5.41, 5.74) is 2.29. The predicted octanol–water partition coefficient (Wildman–Crippen LogP) is 4.99. The van der Waals surface area contributed by atoms with Gasteiger partial charge in [0.1, 0.15) is 0 Å². The first-order chi connectivity index (χ1) is 11.5. The van der Waals surface area contributed by atoms with E-state index < -0.39 is 10.0 Å². The Balaban J connectivity index is 2.13. The Morgan fingerprint density at radius 3 is 2.25 bits per heavy atom. The van der Waals surface area contributed by atoms with Gasteiger partial charge in [-0.25, -0.2) is 12.4 Å². The predicted molar refractivity (Wildman–Crippen MR) is 98.2 cm³/mol. The van der Waals surface area contributed by atoms with Crippen molar-refractivity contribution in [2.75, 3.05) is 0 Å². The molecule has 3 nitrogen and oxygen atoms in total. The third-order valence-corrected chi connectivity index (χ3v) is 6.13. The minimum atomic E-state index is -3.70. The van der Waals surface area contributed by atoms with E-state index in [4.69, 9.17) is 11.6 Å². The van der Waals surface area contributed by atoms with Crippen LogP contribution in [0.4, 0.5) is 0 Å². The zero-order valence-electron chi connectivity index (χ0n) is 12.9. The van der Waals surface area contributed by atoms with Crippen molar-refractivity contribution in [3.63, 3.8) is 0 Å². The molecule has 0 saturated heterocycles. The second kappa shape index (κ2) is 5.36. The molecule has 5 heteroatoms. The summed E-state index contributed by atoms with van der Waals surface area (Å²) in [5.74, 6) is 0. The van der Waals surface area contributed by atoms with Crippen LogP contribution >= 0.6 is 11.6 Å². The van der Waals surface area contributed by atoms with Gasteiger partial charge < -0.3 is 0 Å². The molecule has 0 aliphatic heterocycles. The summed E-state index contributed by atoms with van der Waals surface area (Å²) in [7, 11) is -3.70. The van der Waals surface area contributed by atoms with Crippen LogP contribution in [0.1, 0.15) is 5.56 Å². The fourth-order valence-electron chi connectivity index (χ4n) is 2.98. The molecule has 0 aliphatic rings. The molecule has 0 fully saturated rings. The molecule has 0 atom stereocenters. The lowest BCUT2D eigenvalue weighted by Gasteiger charge is -2.09. The minimum absolute atomic E-state index is 0.269. The zero-order valence-corrected chi connectivity index (χ0v) is 14.5. The Labute approximate surface area is 145 Å². The number of fused-ring (bicyclic) bond motifs is 3. The molecule has 0 amide bonds. The van der Waals surface area contributed by atoms with Crippen LogP contribution < -0.4 is 0 Å². The van der Waals surface area contributed by atoms with E-state index in [1.165, 1.54) is 3.97 Å². The fraction of sp³-hybridized carbons (Fsp3) is 0.0526. The van der Waals surface area contributed by atoms with E-state index in [0.717, 1.165) is 16.3 Å². The Morgan fingerprint density at radius 1 is 0.833 bits per heavy atom. The SMILES string of the molecule is Cc1ccc(S(=O)(=O)n2c3ccccc3c3cc(Cl)ccc32)cc1. The Morgan fingerprint density at radius 2 is 1.50 bits per heavy atom. The molecule has 120 valence electrons. The molecule has 0 N–H and O–H groups in total. The Hall–Kier alpha value is -2.30. The molecule has 0 spiro atoms. The lowest BCUT2D eigenvalue weighted by Crippen LogP contribution is -2.12. The summed E-state index contributed by atoms with van der Waals surface area (Å²) in [6, 6.07) is 19.6. The molecule has 0 bridgehead atoms. The smallest absolute Gasteiger partial charge is 0.233 e. The van der Waals surface area contributed by atoms with Gasteiger partial charge in [-0.1, -0.05) is 47.5 Å². The second-order valence-corrected chi connectivity index (χ2v) is 7.98. The minimum Gasteiger partial charge on any atom is -0.233 e. The van der Waals surface area contributed by atoms with Gasteiger partial charge in [0.25, 0.3) is 10.0 Å². The third-order valence-electron chi connectivity index (χ3n) is 4.15. The molecular weight excluding hydrogens is 342 g/mol. The van der Waals surface area contributed by atoms with Crippen molar-refractivity contribution in [2.24, 2.45) is 0 Å². The van der Waals surface area contributed by atoms with E-state index in [1.807, 2.05) is 31.2 Å². The lowest BCUT2D eigenvalue weighted by molar-refractivity contribution is 0.590. The van der Waals surface area contributed by atoms with Crippen molar-refractivity contribution in [3.8, 4) is 0 Å². The monoisotopic (exact) mass is 355 g/mol. The van der Waals surface area contributed by atoms with Gasteiger partial charge >= 0.3 is 0 Å². The number of hydrogen-bond donors (Lipinski definition) is 0. The van der Waals surface area contributed by atoms with Crippen LogP contribution in [0.3, 0.4) is 0 Å². The number of aromatic nitrogens is 1. The first-order valence-electron chi connectivity index (χ1n) is 7.49. The van der Waals surface area contributed by atoms with E-state index >= 15 is 0 Å². The van der Waals surface area contributed by atoms with Gasteiger partial charge in [0.05, 0.1) is 15.9 Å². The van der Waals surface area contributed by atoms with E-state index in [9.17, 15) is 8.42 Å². The van der Waals surface area contributed by atoms with E-state index in [-0.39, 0.29) is 4.90 Å². The number of halogens is 1. The van der Waals surface area contributed by atoms with Crippen molar-refractivity contribution in [3.05, 3.63) is 77.3 Å². The standard InChI is InChI=1S/C19H14ClNO2S/c1-13-6-9-15(10-7-13)24(22,23)21-18-5-3-2-4-16(18)17-12-14(20)8-11-19(17)21/h2-12H,1H3. The summed E-state index contributed by atoms with van der Waals surface area (Å²) in [5, 5.41) is 2.28. The van der Waals surface area contributed by atoms with Gasteiger partial charge in [-0.3, -0.25) is 0 Å². The van der Waals surface area contributed by atoms with Gasteiger partial charge in [0, 0.05) is 15.8 Å². The number of rotatable bonds is 2. The van der Waals surface area contributed by atoms with Gasteiger partial charge in [-0.05, 0) is 43.3 Å². The van der Waals surface area contributed by atoms with Crippen molar-refractivity contribution >= 4 is 43.4 Å². The van der Waals surface area contributed by atoms with Crippen molar-refractivity contribution in [1.29, 1.82) is 0 Å². The molecule has 0 unspecified atom stereocenters. The van der Waals surface area contributed by atoms with Gasteiger partial charge in [-0.15, -0.1) is 0 Å². The van der Waals surface area contributed by atoms with Crippen LogP contribution in [-0.4, -0.2) is 12.4 Å². The highest BCUT2D eigenvalue weighted by molar-refractivity contribution is 7.90. The summed E-state index contributed by atoms with van der Waals surface area (Å²) < 4.78 is 27.9. The van der Waals surface area contributed by atoms with Crippen LogP contribution in [0.5, 0.6) is 0 Å². The molecule has 1 heterocycles. The second-order valence-electron chi connectivity index (χ2n) is 5.76. The number of benzene rings is 3. The Kier molecular flexibility index (Phi) is 3.41. The summed E-state index contributed by atoms with van der Waals surface area (Å²) in [6.07, 6.45) is 0. The van der Waals surface area contributed by atoms with Gasteiger partial charge in [0.15, 0.2) is 0 Å². The van der Waals surface area contributed by atoms with Crippen molar-refractivity contribution in [1.82, 2.24) is 3.97 Å². The third kappa shape index (κ3) is 2.22. The Bertz CT molecular complexity index is 1180. The highest BCUT2D eigenvalue weighted by Gasteiger charge is 2.23. The maximum atomic E-state index is 13.2. The molecule has 0 aliphatic carbocycles. The fourth-order valence-corrected chi connectivity index (χ4v) is 4.68. The topological polar surface area (TPSA) is 39.1 Å². The first-order valence-corrected chi connectivity index (χ1v) is 9.31.